The van der Waals surface area contributed by atoms with Crippen LogP contribution in [0.25, 0.3) is 0 Å². The average molecular weight is 369 g/mol. The number of nitrogens with one attached hydrogen (secondary N) is 1. The van der Waals surface area contributed by atoms with E-state index >= 15 is 0 Å². The van der Waals surface area contributed by atoms with Crippen LogP contribution in [0, 0.1) is 6.92 Å². The minimum absolute atomic E-state index is 0.123. The molecule has 0 saturated carbocycles. The van der Waals surface area contributed by atoms with Gasteiger partial charge >= 0.3 is 12.1 Å². The first-order valence-corrected chi connectivity index (χ1v) is 8.30. The predicted octanol–water partition coefficient (Wildman–Crippen LogP) is 2.31. The summed E-state index contributed by atoms with van der Waals surface area (Å²) >= 11 is 0.679. The number of hydrogen-bond acceptors (Lipinski definition) is 5. The number of thiophene rings is 1. The minimum Gasteiger partial charge on any atom is -0.478 e. The number of nitrogens with zero attached hydrogens (tertiary/aromatic N) is 2. The topological polar surface area (TPSA) is 101 Å². The number of anilines is 1. The monoisotopic (exact) mass is 369 g/mol. The molecule has 23 heavy (non-hydrogen) atoms. The summed E-state index contributed by atoms with van der Waals surface area (Å²) in [7, 11) is -4.13. The Labute approximate surface area is 132 Å². The van der Waals surface area contributed by atoms with Gasteiger partial charge in [0.1, 0.15) is 10.8 Å². The standard InChI is InChI=1S/C11H10F3N3O4S2/c1-6-2-8(15-17(6)5-11(12,13)14)16-23(20,21)9-3-7(4-22-9)10(18)19/h2-4H,5H2,1H3,(H,15,16)(H,18,19). The molecule has 0 unspecified atom stereocenters. The van der Waals surface area contributed by atoms with Gasteiger partial charge in [0.2, 0.25) is 0 Å². The summed E-state index contributed by atoms with van der Waals surface area (Å²) in [5, 5.41) is 13.5. The highest BCUT2D eigenvalue weighted by molar-refractivity contribution is 7.94. The van der Waals surface area contributed by atoms with Gasteiger partial charge in [-0.05, 0) is 13.0 Å². The molecular weight excluding hydrogens is 359 g/mol. The molecule has 2 N–H and O–H groups in total. The Balaban J connectivity index is 2.23. The summed E-state index contributed by atoms with van der Waals surface area (Å²) < 4.78 is 63.6. The number of aromatic carboxylic acids is 1. The first-order chi connectivity index (χ1) is 10.5. The molecular formula is C11H10F3N3O4S2. The summed E-state index contributed by atoms with van der Waals surface area (Å²) in [4.78, 5) is 10.7. The molecule has 0 atom stereocenters. The first-order valence-electron chi connectivity index (χ1n) is 5.94. The van der Waals surface area contributed by atoms with Crippen molar-refractivity contribution in [1.82, 2.24) is 9.78 Å². The van der Waals surface area contributed by atoms with Crippen LogP contribution in [-0.4, -0.2) is 35.5 Å². The van der Waals surface area contributed by atoms with Crippen LogP contribution in [0.4, 0.5) is 19.0 Å². The molecule has 2 rings (SSSR count). The van der Waals surface area contributed by atoms with E-state index in [0.29, 0.717) is 16.0 Å². The van der Waals surface area contributed by atoms with Gasteiger partial charge in [-0.15, -0.1) is 11.3 Å². The molecule has 0 aliphatic heterocycles. The SMILES string of the molecule is Cc1cc(NS(=O)(=O)c2cc(C(=O)O)cs2)nn1CC(F)(F)F. The Morgan fingerprint density at radius 3 is 2.61 bits per heavy atom. The van der Waals surface area contributed by atoms with E-state index in [4.69, 9.17) is 5.11 Å². The molecule has 126 valence electrons. The van der Waals surface area contributed by atoms with Gasteiger partial charge in [-0.2, -0.15) is 18.3 Å². The van der Waals surface area contributed by atoms with Crippen LogP contribution in [-0.2, 0) is 16.6 Å². The van der Waals surface area contributed by atoms with E-state index in [1.54, 1.807) is 0 Å². The van der Waals surface area contributed by atoms with Gasteiger partial charge in [0, 0.05) is 17.1 Å². The molecule has 12 heteroatoms. The molecule has 0 aromatic carbocycles. The van der Waals surface area contributed by atoms with Crippen molar-refractivity contribution in [2.24, 2.45) is 0 Å². The van der Waals surface area contributed by atoms with Crippen molar-refractivity contribution in [3.63, 3.8) is 0 Å². The van der Waals surface area contributed by atoms with Crippen molar-refractivity contribution < 1.29 is 31.5 Å². The van der Waals surface area contributed by atoms with Crippen LogP contribution in [0.15, 0.2) is 21.7 Å². The van der Waals surface area contributed by atoms with Crippen molar-refractivity contribution in [2.75, 3.05) is 4.72 Å². The number of aromatic nitrogens is 2. The highest BCUT2D eigenvalue weighted by Crippen LogP contribution is 2.24. The Morgan fingerprint density at radius 2 is 2.09 bits per heavy atom. The second-order valence-electron chi connectivity index (χ2n) is 4.51. The summed E-state index contributed by atoms with van der Waals surface area (Å²) in [6.07, 6.45) is -4.49. The fourth-order valence-electron chi connectivity index (χ4n) is 1.65. The lowest BCUT2D eigenvalue weighted by Crippen LogP contribution is -2.20. The zero-order valence-electron chi connectivity index (χ0n) is 11.5. The number of hydrogen-bond donors (Lipinski definition) is 2. The van der Waals surface area contributed by atoms with Crippen LogP contribution in [0.3, 0.4) is 0 Å². The molecule has 0 amide bonds. The maximum absolute atomic E-state index is 12.4. The molecule has 0 saturated heterocycles. The normalized spacial score (nSPS) is 12.3. The van der Waals surface area contributed by atoms with Crippen LogP contribution < -0.4 is 4.72 Å². The van der Waals surface area contributed by atoms with Crippen molar-refractivity contribution in [1.29, 1.82) is 0 Å². The van der Waals surface area contributed by atoms with E-state index in [2.05, 4.69) is 5.10 Å². The highest BCUT2D eigenvalue weighted by atomic mass is 32.2. The Kier molecular flexibility index (Phi) is 4.39. The average Bonchev–Trinajstić information content (AvgIpc) is 2.95. The van der Waals surface area contributed by atoms with Gasteiger partial charge in [-0.3, -0.25) is 9.40 Å². The van der Waals surface area contributed by atoms with E-state index in [-0.39, 0.29) is 21.3 Å². The number of alkyl halides is 3. The third-order valence-electron chi connectivity index (χ3n) is 2.64. The van der Waals surface area contributed by atoms with E-state index in [1.165, 1.54) is 6.92 Å². The molecule has 0 radical (unpaired) electrons. The van der Waals surface area contributed by atoms with Crippen molar-refractivity contribution in [3.8, 4) is 0 Å². The predicted molar refractivity (Wildman–Crippen MR) is 75.1 cm³/mol. The second kappa shape index (κ2) is 5.85. The maximum atomic E-state index is 12.4. The lowest BCUT2D eigenvalue weighted by Gasteiger charge is -2.07. The zero-order valence-corrected chi connectivity index (χ0v) is 13.1. The van der Waals surface area contributed by atoms with Gasteiger partial charge in [0.05, 0.1) is 5.56 Å². The Morgan fingerprint density at radius 1 is 1.43 bits per heavy atom. The fourth-order valence-corrected chi connectivity index (χ4v) is 3.79. The molecule has 2 aromatic rings. The number of aryl methyl sites for hydroxylation is 1. The minimum atomic E-state index is -4.49. The molecule has 0 bridgehead atoms. The molecule has 2 aromatic heterocycles. The van der Waals surface area contributed by atoms with Gasteiger partial charge < -0.3 is 5.11 Å². The van der Waals surface area contributed by atoms with E-state index in [9.17, 15) is 26.4 Å². The molecule has 0 fully saturated rings. The number of sulfonamides is 1. The molecule has 0 aliphatic rings. The maximum Gasteiger partial charge on any atom is 0.408 e. The van der Waals surface area contributed by atoms with Crippen LogP contribution in [0.1, 0.15) is 16.1 Å². The van der Waals surface area contributed by atoms with E-state index < -0.39 is 28.7 Å². The number of carboxylic acid groups (broad SMARTS) is 1. The first kappa shape index (κ1) is 17.3. The van der Waals surface area contributed by atoms with Crippen molar-refractivity contribution in [2.45, 2.75) is 23.9 Å². The third-order valence-corrected chi connectivity index (χ3v) is 5.43. The van der Waals surface area contributed by atoms with Crippen LogP contribution >= 0.6 is 11.3 Å². The highest BCUT2D eigenvalue weighted by Gasteiger charge is 2.29. The van der Waals surface area contributed by atoms with Gasteiger partial charge in [0.15, 0.2) is 5.82 Å². The van der Waals surface area contributed by atoms with Gasteiger partial charge in [0.25, 0.3) is 10.0 Å². The molecule has 2 heterocycles. The van der Waals surface area contributed by atoms with E-state index in [0.717, 1.165) is 17.5 Å². The van der Waals surface area contributed by atoms with Crippen LogP contribution in [0.2, 0.25) is 0 Å². The lowest BCUT2D eigenvalue weighted by atomic mass is 10.4. The summed E-state index contributed by atoms with van der Waals surface area (Å²) in [6, 6.07) is 2.10. The molecule has 0 spiro atoms. The molecule has 0 aliphatic carbocycles. The quantitative estimate of drug-likeness (QED) is 0.842. The largest absolute Gasteiger partial charge is 0.478 e. The van der Waals surface area contributed by atoms with Gasteiger partial charge in [-0.25, -0.2) is 13.2 Å². The number of carboxylic acids is 1. The number of halogens is 3. The fraction of sp³-hybridized carbons (Fsp3) is 0.273. The second-order valence-corrected chi connectivity index (χ2v) is 7.33. The summed E-state index contributed by atoms with van der Waals surface area (Å²) in [5.74, 6) is -1.56. The third kappa shape index (κ3) is 4.22. The van der Waals surface area contributed by atoms with Crippen LogP contribution in [0.5, 0.6) is 0 Å². The smallest absolute Gasteiger partial charge is 0.408 e. The summed E-state index contributed by atoms with van der Waals surface area (Å²) in [6.45, 7) is 0.00688. The number of rotatable bonds is 5. The zero-order chi connectivity index (χ0) is 17.4. The Hall–Kier alpha value is -2.08. The lowest BCUT2D eigenvalue weighted by molar-refractivity contribution is -0.142. The van der Waals surface area contributed by atoms with Crippen molar-refractivity contribution >= 4 is 33.1 Å². The van der Waals surface area contributed by atoms with Gasteiger partial charge in [-0.1, -0.05) is 0 Å². The van der Waals surface area contributed by atoms with E-state index in [1.807, 2.05) is 4.72 Å². The Bertz CT molecular complexity index is 839. The summed E-state index contributed by atoms with van der Waals surface area (Å²) in [5.41, 5.74) is -0.0772. The van der Waals surface area contributed by atoms with Crippen molar-refractivity contribution in [3.05, 3.63) is 28.8 Å². The molecule has 7 nitrogen and oxygen atoms in total. The number of carbonyl (C=O) groups is 1.